The van der Waals surface area contributed by atoms with E-state index >= 15 is 0 Å². The first-order chi connectivity index (χ1) is 14.6. The van der Waals surface area contributed by atoms with Crippen LogP contribution >= 0.6 is 27.3 Å². The number of nitrogens with zero attached hydrogens (tertiary/aromatic N) is 3. The lowest BCUT2D eigenvalue weighted by molar-refractivity contribution is -0.118. The van der Waals surface area contributed by atoms with Crippen LogP contribution in [0.1, 0.15) is 18.4 Å². The molecule has 1 fully saturated rings. The van der Waals surface area contributed by atoms with E-state index in [9.17, 15) is 4.79 Å². The van der Waals surface area contributed by atoms with Gasteiger partial charge in [-0.05, 0) is 30.5 Å². The number of aryl methyl sites for hydroxylation is 1. The summed E-state index contributed by atoms with van der Waals surface area (Å²) >= 11 is 4.93. The topological polar surface area (TPSA) is 59.8 Å². The lowest BCUT2D eigenvalue weighted by Crippen LogP contribution is -2.27. The molecule has 0 atom stereocenters. The van der Waals surface area contributed by atoms with E-state index < -0.39 is 5.41 Å². The van der Waals surface area contributed by atoms with E-state index in [-0.39, 0.29) is 5.91 Å². The van der Waals surface area contributed by atoms with Gasteiger partial charge in [0.15, 0.2) is 11.0 Å². The van der Waals surface area contributed by atoms with Gasteiger partial charge >= 0.3 is 0 Å². The second-order valence-corrected chi connectivity index (χ2v) is 9.38. The predicted octanol–water partition coefficient (Wildman–Crippen LogP) is 5.64. The molecular weight excluding hydrogens is 460 g/mol. The number of thiazole rings is 1. The molecule has 150 valence electrons. The molecule has 0 bridgehead atoms. The summed E-state index contributed by atoms with van der Waals surface area (Å²) < 4.78 is 2.98. The molecular formula is C23H19BrN4OS. The summed E-state index contributed by atoms with van der Waals surface area (Å²) in [7, 11) is 1.96. The molecule has 5 rings (SSSR count). The second-order valence-electron chi connectivity index (χ2n) is 7.47. The van der Waals surface area contributed by atoms with Crippen LogP contribution in [0.5, 0.6) is 0 Å². The van der Waals surface area contributed by atoms with Crippen LogP contribution in [0.25, 0.3) is 22.0 Å². The number of imidazole rings is 1. The quantitative estimate of drug-likeness (QED) is 0.403. The van der Waals surface area contributed by atoms with Crippen LogP contribution in [-0.4, -0.2) is 20.4 Å². The molecule has 5 nitrogen and oxygen atoms in total. The Morgan fingerprint density at radius 3 is 2.50 bits per heavy atom. The molecule has 4 aromatic rings. The van der Waals surface area contributed by atoms with Crippen molar-refractivity contribution in [2.75, 3.05) is 5.32 Å². The van der Waals surface area contributed by atoms with Crippen molar-refractivity contribution >= 4 is 38.3 Å². The zero-order chi connectivity index (χ0) is 20.7. The van der Waals surface area contributed by atoms with Crippen LogP contribution < -0.4 is 5.32 Å². The van der Waals surface area contributed by atoms with Crippen LogP contribution in [0.4, 0.5) is 5.13 Å². The van der Waals surface area contributed by atoms with Gasteiger partial charge in [0.2, 0.25) is 5.91 Å². The number of amides is 1. The van der Waals surface area contributed by atoms with Crippen molar-refractivity contribution in [2.24, 2.45) is 7.05 Å². The third-order valence-electron chi connectivity index (χ3n) is 5.50. The zero-order valence-electron chi connectivity index (χ0n) is 16.3. The molecule has 1 saturated carbocycles. The van der Waals surface area contributed by atoms with Gasteiger partial charge in [-0.3, -0.25) is 4.79 Å². The smallest absolute Gasteiger partial charge is 0.236 e. The second kappa shape index (κ2) is 7.49. The van der Waals surface area contributed by atoms with Crippen molar-refractivity contribution < 1.29 is 4.79 Å². The van der Waals surface area contributed by atoms with Crippen LogP contribution in [0.2, 0.25) is 0 Å². The lowest BCUT2D eigenvalue weighted by atomic mass is 9.95. The summed E-state index contributed by atoms with van der Waals surface area (Å²) in [6.45, 7) is 0. The van der Waals surface area contributed by atoms with E-state index in [1.165, 1.54) is 11.3 Å². The summed E-state index contributed by atoms with van der Waals surface area (Å²) in [6.07, 6.45) is 5.39. The highest BCUT2D eigenvalue weighted by Crippen LogP contribution is 2.49. The number of rotatable bonds is 5. The zero-order valence-corrected chi connectivity index (χ0v) is 18.7. The average molecular weight is 479 g/mol. The summed E-state index contributed by atoms with van der Waals surface area (Å²) in [5, 5.41) is 3.69. The van der Waals surface area contributed by atoms with Gasteiger partial charge in [-0.25, -0.2) is 9.97 Å². The first-order valence-electron chi connectivity index (χ1n) is 9.68. The van der Waals surface area contributed by atoms with Gasteiger partial charge in [-0.15, -0.1) is 0 Å². The fraction of sp³-hybridized carbons (Fsp3) is 0.174. The molecule has 7 heteroatoms. The highest BCUT2D eigenvalue weighted by atomic mass is 79.9. The number of nitrogens with one attached hydrogen (secondary N) is 1. The van der Waals surface area contributed by atoms with Gasteiger partial charge in [-0.2, -0.15) is 0 Å². The van der Waals surface area contributed by atoms with Gasteiger partial charge < -0.3 is 9.88 Å². The third-order valence-corrected chi connectivity index (χ3v) is 7.00. The molecule has 0 unspecified atom stereocenters. The molecule has 30 heavy (non-hydrogen) atoms. The Kier molecular flexibility index (Phi) is 4.79. The number of halogens is 1. The number of hydrogen-bond acceptors (Lipinski definition) is 4. The third kappa shape index (κ3) is 3.38. The summed E-state index contributed by atoms with van der Waals surface area (Å²) in [4.78, 5) is 23.4. The van der Waals surface area contributed by atoms with Crippen LogP contribution in [-0.2, 0) is 17.3 Å². The predicted molar refractivity (Wildman–Crippen MR) is 123 cm³/mol. The van der Waals surface area contributed by atoms with Gasteiger partial charge in [0, 0.05) is 29.5 Å². The van der Waals surface area contributed by atoms with Gasteiger partial charge in [0.05, 0.1) is 16.0 Å². The van der Waals surface area contributed by atoms with Crippen molar-refractivity contribution in [1.29, 1.82) is 0 Å². The highest BCUT2D eigenvalue weighted by Gasteiger charge is 2.51. The Bertz CT molecular complexity index is 1210. The largest absolute Gasteiger partial charge is 0.333 e. The minimum Gasteiger partial charge on any atom is -0.333 e. The standard InChI is InChI=1S/C23H19BrN4OS/c1-28-14-13-25-20(28)19-18(15-5-3-2-4-6-15)26-22(30-19)27-21(29)23(11-12-23)16-7-9-17(24)10-8-16/h2-10,13-14H,11-12H2,1H3,(H,26,27,29). The molecule has 1 amide bonds. The molecule has 1 aliphatic rings. The first kappa shape index (κ1) is 19.2. The molecule has 0 saturated heterocycles. The maximum Gasteiger partial charge on any atom is 0.236 e. The molecule has 2 aromatic carbocycles. The Morgan fingerprint density at radius 1 is 1.13 bits per heavy atom. The SMILES string of the molecule is Cn1ccnc1-c1sc(NC(=O)C2(c3ccc(Br)cc3)CC2)nc1-c1ccccc1. The Balaban J connectivity index is 1.50. The monoisotopic (exact) mass is 478 g/mol. The van der Waals surface area contributed by atoms with Gasteiger partial charge in [0.1, 0.15) is 0 Å². The van der Waals surface area contributed by atoms with Crippen molar-refractivity contribution in [3.63, 3.8) is 0 Å². The lowest BCUT2D eigenvalue weighted by Gasteiger charge is -2.14. The molecule has 0 aliphatic heterocycles. The van der Waals surface area contributed by atoms with Crippen LogP contribution in [0.15, 0.2) is 71.5 Å². The van der Waals surface area contributed by atoms with Crippen molar-refractivity contribution in [2.45, 2.75) is 18.3 Å². The number of aromatic nitrogens is 3. The fourth-order valence-electron chi connectivity index (χ4n) is 3.66. The maximum atomic E-state index is 13.2. The number of carbonyl (C=O) groups excluding carboxylic acids is 1. The van der Waals surface area contributed by atoms with E-state index in [2.05, 4.69) is 26.2 Å². The van der Waals surface area contributed by atoms with E-state index in [1.807, 2.05) is 72.4 Å². The van der Waals surface area contributed by atoms with Crippen LogP contribution in [0, 0.1) is 0 Å². The molecule has 0 radical (unpaired) electrons. The van der Waals surface area contributed by atoms with Gasteiger partial charge in [0.25, 0.3) is 0 Å². The molecule has 1 aliphatic carbocycles. The van der Waals surface area contributed by atoms with E-state index in [0.29, 0.717) is 5.13 Å². The number of carbonyl (C=O) groups is 1. The van der Waals surface area contributed by atoms with Crippen molar-refractivity contribution in [3.05, 3.63) is 77.0 Å². The number of anilines is 1. The molecule has 2 aromatic heterocycles. The van der Waals surface area contributed by atoms with Crippen molar-refractivity contribution in [3.8, 4) is 22.0 Å². The Morgan fingerprint density at radius 2 is 1.87 bits per heavy atom. The summed E-state index contributed by atoms with van der Waals surface area (Å²) in [6, 6.07) is 18.0. The number of benzene rings is 2. The van der Waals surface area contributed by atoms with E-state index in [1.54, 1.807) is 6.20 Å². The van der Waals surface area contributed by atoms with Crippen LogP contribution in [0.3, 0.4) is 0 Å². The summed E-state index contributed by atoms with van der Waals surface area (Å²) in [5.74, 6) is 0.838. The van der Waals surface area contributed by atoms with E-state index in [0.717, 1.165) is 44.8 Å². The molecule has 2 heterocycles. The first-order valence-corrected chi connectivity index (χ1v) is 11.3. The minimum atomic E-state index is -0.456. The summed E-state index contributed by atoms with van der Waals surface area (Å²) in [5.41, 5.74) is 2.43. The van der Waals surface area contributed by atoms with Crippen molar-refractivity contribution in [1.82, 2.24) is 14.5 Å². The average Bonchev–Trinajstić information content (AvgIpc) is 3.30. The fourth-order valence-corrected chi connectivity index (χ4v) is 4.95. The maximum absolute atomic E-state index is 13.2. The molecule has 0 spiro atoms. The normalized spacial score (nSPS) is 14.5. The molecule has 1 N–H and O–H groups in total. The highest BCUT2D eigenvalue weighted by molar-refractivity contribution is 9.10. The minimum absolute atomic E-state index is 0.00424. The Labute approximate surface area is 186 Å². The van der Waals surface area contributed by atoms with Gasteiger partial charge in [-0.1, -0.05) is 69.7 Å². The number of hydrogen-bond donors (Lipinski definition) is 1. The van der Waals surface area contributed by atoms with E-state index in [4.69, 9.17) is 4.98 Å². The Hall–Kier alpha value is -2.77.